The highest BCUT2D eigenvalue weighted by molar-refractivity contribution is 7.14. The lowest BCUT2D eigenvalue weighted by Gasteiger charge is -2.10. The van der Waals surface area contributed by atoms with Crippen molar-refractivity contribution >= 4 is 42.1 Å². The molecule has 1 fully saturated rings. The fourth-order valence-electron chi connectivity index (χ4n) is 2.40. The molecule has 4 nitrogen and oxygen atoms in total. The molecule has 0 radical (unpaired) electrons. The number of carbonyl (C=O) groups excluding carboxylic acids is 1. The van der Waals surface area contributed by atoms with E-state index in [4.69, 9.17) is 0 Å². The summed E-state index contributed by atoms with van der Waals surface area (Å²) < 4.78 is 0. The Kier molecular flexibility index (Phi) is 7.29. The SMILES string of the molecule is Cc1nc(-c2ccccc2)c(C(=O)NC2CCNC2)s1.Cl.Cl. The van der Waals surface area contributed by atoms with E-state index in [9.17, 15) is 4.79 Å². The van der Waals surface area contributed by atoms with Gasteiger partial charge in [0.25, 0.3) is 5.91 Å². The Balaban J connectivity index is 0.00000121. The second kappa shape index (κ2) is 8.48. The fraction of sp³-hybridized carbons (Fsp3) is 0.333. The number of aryl methyl sites for hydroxylation is 1. The number of amides is 1. The van der Waals surface area contributed by atoms with Crippen LogP contribution < -0.4 is 10.6 Å². The zero-order valence-corrected chi connectivity index (χ0v) is 14.6. The summed E-state index contributed by atoms with van der Waals surface area (Å²) >= 11 is 1.46. The number of benzene rings is 1. The second-order valence-electron chi connectivity index (χ2n) is 4.94. The summed E-state index contributed by atoms with van der Waals surface area (Å²) in [7, 11) is 0. The number of hydrogen-bond donors (Lipinski definition) is 2. The van der Waals surface area contributed by atoms with Crippen molar-refractivity contribution in [2.45, 2.75) is 19.4 Å². The fourth-order valence-corrected chi connectivity index (χ4v) is 3.25. The van der Waals surface area contributed by atoms with E-state index in [1.54, 1.807) is 0 Å². The Bertz CT molecular complexity index is 613. The number of nitrogens with zero attached hydrogens (tertiary/aromatic N) is 1. The number of thiazole rings is 1. The third-order valence-electron chi connectivity index (χ3n) is 3.38. The summed E-state index contributed by atoms with van der Waals surface area (Å²) in [6.07, 6.45) is 0.990. The maximum atomic E-state index is 12.4. The molecule has 1 unspecified atom stereocenters. The molecule has 1 aromatic carbocycles. The van der Waals surface area contributed by atoms with E-state index in [1.807, 2.05) is 37.3 Å². The van der Waals surface area contributed by atoms with Crippen LogP contribution in [0.1, 0.15) is 21.1 Å². The molecule has 1 aromatic heterocycles. The largest absolute Gasteiger partial charge is 0.347 e. The van der Waals surface area contributed by atoms with Gasteiger partial charge >= 0.3 is 0 Å². The summed E-state index contributed by atoms with van der Waals surface area (Å²) in [5, 5.41) is 7.26. The Hall–Kier alpha value is -1.14. The smallest absolute Gasteiger partial charge is 0.263 e. The van der Waals surface area contributed by atoms with Gasteiger partial charge in [0.2, 0.25) is 0 Å². The number of aromatic nitrogens is 1. The average molecular weight is 360 g/mol. The van der Waals surface area contributed by atoms with Gasteiger partial charge in [-0.15, -0.1) is 36.2 Å². The first kappa shape index (κ1) is 18.9. The molecule has 1 saturated heterocycles. The van der Waals surface area contributed by atoms with Crippen molar-refractivity contribution in [2.75, 3.05) is 13.1 Å². The quantitative estimate of drug-likeness (QED) is 0.885. The zero-order chi connectivity index (χ0) is 13.9. The van der Waals surface area contributed by atoms with E-state index >= 15 is 0 Å². The van der Waals surface area contributed by atoms with Gasteiger partial charge in [-0.3, -0.25) is 4.79 Å². The van der Waals surface area contributed by atoms with Gasteiger partial charge in [-0.05, 0) is 19.9 Å². The maximum Gasteiger partial charge on any atom is 0.263 e. The van der Waals surface area contributed by atoms with Crippen molar-refractivity contribution in [1.82, 2.24) is 15.6 Å². The monoisotopic (exact) mass is 359 g/mol. The molecule has 0 spiro atoms. The van der Waals surface area contributed by atoms with Gasteiger partial charge in [0.15, 0.2) is 0 Å². The lowest BCUT2D eigenvalue weighted by molar-refractivity contribution is 0.0944. The molecule has 7 heteroatoms. The third kappa shape index (κ3) is 4.20. The highest BCUT2D eigenvalue weighted by Crippen LogP contribution is 2.28. The van der Waals surface area contributed by atoms with Gasteiger partial charge in [-0.2, -0.15) is 0 Å². The van der Waals surface area contributed by atoms with Gasteiger partial charge in [-0.1, -0.05) is 30.3 Å². The summed E-state index contributed by atoms with van der Waals surface area (Å²) in [4.78, 5) is 17.7. The molecule has 1 aliphatic heterocycles. The minimum Gasteiger partial charge on any atom is -0.347 e. The highest BCUT2D eigenvalue weighted by atomic mass is 35.5. The summed E-state index contributed by atoms with van der Waals surface area (Å²) in [6.45, 7) is 3.76. The molecule has 1 atom stereocenters. The van der Waals surface area contributed by atoms with Crippen molar-refractivity contribution in [2.24, 2.45) is 0 Å². The first-order chi connectivity index (χ1) is 9.74. The predicted molar refractivity (Wildman–Crippen MR) is 95.5 cm³/mol. The maximum absolute atomic E-state index is 12.4. The molecule has 1 amide bonds. The Morgan fingerprint density at radius 3 is 2.68 bits per heavy atom. The topological polar surface area (TPSA) is 54.0 Å². The van der Waals surface area contributed by atoms with Crippen LogP contribution in [-0.2, 0) is 0 Å². The molecule has 120 valence electrons. The summed E-state index contributed by atoms with van der Waals surface area (Å²) in [6, 6.07) is 10.1. The van der Waals surface area contributed by atoms with Crippen molar-refractivity contribution in [3.63, 3.8) is 0 Å². The Morgan fingerprint density at radius 1 is 1.32 bits per heavy atom. The predicted octanol–water partition coefficient (Wildman–Crippen LogP) is 3.05. The van der Waals surface area contributed by atoms with Crippen LogP contribution in [0.4, 0.5) is 0 Å². The van der Waals surface area contributed by atoms with Crippen LogP contribution >= 0.6 is 36.2 Å². The van der Waals surface area contributed by atoms with Gasteiger partial charge in [0, 0.05) is 18.2 Å². The van der Waals surface area contributed by atoms with Crippen LogP contribution in [0, 0.1) is 6.92 Å². The first-order valence-electron chi connectivity index (χ1n) is 6.78. The summed E-state index contributed by atoms with van der Waals surface area (Å²) in [5.41, 5.74) is 1.78. The van der Waals surface area contributed by atoms with E-state index in [2.05, 4.69) is 15.6 Å². The highest BCUT2D eigenvalue weighted by Gasteiger charge is 2.22. The molecule has 2 heterocycles. The molecule has 0 bridgehead atoms. The molecule has 22 heavy (non-hydrogen) atoms. The van der Waals surface area contributed by atoms with Gasteiger partial charge in [-0.25, -0.2) is 4.98 Å². The van der Waals surface area contributed by atoms with Gasteiger partial charge < -0.3 is 10.6 Å². The standard InChI is InChI=1S/C15H17N3OS.2ClH/c1-10-17-13(11-5-3-2-4-6-11)14(20-10)15(19)18-12-7-8-16-9-12;;/h2-6,12,16H,7-9H2,1H3,(H,18,19);2*1H. The molecule has 1 aliphatic rings. The minimum atomic E-state index is -0.0110. The molecule has 0 saturated carbocycles. The van der Waals surface area contributed by atoms with Crippen LogP contribution in [0.3, 0.4) is 0 Å². The van der Waals surface area contributed by atoms with E-state index in [-0.39, 0.29) is 36.8 Å². The Labute approximate surface area is 146 Å². The van der Waals surface area contributed by atoms with Crippen LogP contribution in [0.25, 0.3) is 11.3 Å². The molecular weight excluding hydrogens is 341 g/mol. The van der Waals surface area contributed by atoms with E-state index in [0.717, 1.165) is 35.8 Å². The number of rotatable bonds is 3. The minimum absolute atomic E-state index is 0. The van der Waals surface area contributed by atoms with E-state index < -0.39 is 0 Å². The molecule has 2 N–H and O–H groups in total. The molecule has 3 rings (SSSR count). The first-order valence-corrected chi connectivity index (χ1v) is 7.60. The number of hydrogen-bond acceptors (Lipinski definition) is 4. The van der Waals surface area contributed by atoms with Crippen molar-refractivity contribution < 1.29 is 4.79 Å². The Morgan fingerprint density at radius 2 is 2.05 bits per heavy atom. The van der Waals surface area contributed by atoms with Gasteiger partial charge in [0.05, 0.1) is 10.7 Å². The number of carbonyl (C=O) groups is 1. The van der Waals surface area contributed by atoms with Crippen LogP contribution in [0.5, 0.6) is 0 Å². The zero-order valence-electron chi connectivity index (χ0n) is 12.2. The number of halogens is 2. The van der Waals surface area contributed by atoms with Crippen LogP contribution in [-0.4, -0.2) is 30.0 Å². The van der Waals surface area contributed by atoms with Gasteiger partial charge in [0.1, 0.15) is 4.88 Å². The van der Waals surface area contributed by atoms with Crippen LogP contribution in [0.15, 0.2) is 30.3 Å². The number of nitrogens with one attached hydrogen (secondary N) is 2. The van der Waals surface area contributed by atoms with E-state index in [1.165, 1.54) is 11.3 Å². The molecule has 0 aliphatic carbocycles. The summed E-state index contributed by atoms with van der Waals surface area (Å²) in [5.74, 6) is -0.0110. The third-order valence-corrected chi connectivity index (χ3v) is 4.35. The normalized spacial score (nSPS) is 16.5. The second-order valence-corrected chi connectivity index (χ2v) is 6.14. The van der Waals surface area contributed by atoms with Crippen molar-refractivity contribution in [3.8, 4) is 11.3 Å². The average Bonchev–Trinajstić information content (AvgIpc) is 3.09. The van der Waals surface area contributed by atoms with Crippen molar-refractivity contribution in [3.05, 3.63) is 40.2 Å². The molecular formula is C15H19Cl2N3OS. The van der Waals surface area contributed by atoms with Crippen molar-refractivity contribution in [1.29, 1.82) is 0 Å². The van der Waals surface area contributed by atoms with Crippen LogP contribution in [0.2, 0.25) is 0 Å². The lowest BCUT2D eigenvalue weighted by atomic mass is 10.1. The van der Waals surface area contributed by atoms with E-state index in [0.29, 0.717) is 4.88 Å². The molecule has 2 aromatic rings. The lowest BCUT2D eigenvalue weighted by Crippen LogP contribution is -2.36.